The first kappa shape index (κ1) is 26.7. The summed E-state index contributed by atoms with van der Waals surface area (Å²) < 4.78 is 30.1. The molecule has 0 saturated carbocycles. The molecule has 0 saturated heterocycles. The summed E-state index contributed by atoms with van der Waals surface area (Å²) >= 11 is 0. The van der Waals surface area contributed by atoms with Gasteiger partial charge in [-0.15, -0.1) is 0 Å². The summed E-state index contributed by atoms with van der Waals surface area (Å²) in [4.78, 5) is 24.4. The Kier molecular flexibility index (Phi) is 9.86. The van der Waals surface area contributed by atoms with Gasteiger partial charge in [0.1, 0.15) is 5.75 Å². The van der Waals surface area contributed by atoms with Gasteiger partial charge in [0, 0.05) is 18.2 Å². The minimum absolute atomic E-state index is 0.0824. The van der Waals surface area contributed by atoms with E-state index in [0.717, 1.165) is 48.6 Å². The summed E-state index contributed by atoms with van der Waals surface area (Å²) in [6.07, 6.45) is 9.18. The van der Waals surface area contributed by atoms with Crippen LogP contribution in [0.1, 0.15) is 61.9 Å². The zero-order valence-electron chi connectivity index (χ0n) is 20.7. The molecule has 6 nitrogen and oxygen atoms in total. The second kappa shape index (κ2) is 13.3. The summed E-state index contributed by atoms with van der Waals surface area (Å²) in [7, 11) is 0. The number of hydrogen-bond acceptors (Lipinski definition) is 6. The molecule has 0 heterocycles. The van der Waals surface area contributed by atoms with Gasteiger partial charge in [-0.25, -0.2) is 14.0 Å². The molecule has 1 aliphatic rings. The van der Waals surface area contributed by atoms with Crippen molar-refractivity contribution in [3.63, 3.8) is 0 Å². The number of ether oxygens (including phenoxy) is 3. The highest BCUT2D eigenvalue weighted by atomic mass is 19.1. The minimum Gasteiger partial charge on any atom is -0.491 e. The van der Waals surface area contributed by atoms with E-state index in [9.17, 15) is 14.0 Å². The number of allylic oxidation sites excluding steroid dienone is 2. The van der Waals surface area contributed by atoms with Gasteiger partial charge in [-0.1, -0.05) is 31.1 Å². The van der Waals surface area contributed by atoms with Crippen molar-refractivity contribution in [3.05, 3.63) is 88.4 Å². The van der Waals surface area contributed by atoms with E-state index in [1.54, 1.807) is 30.3 Å². The zero-order chi connectivity index (χ0) is 25.9. The molecule has 0 radical (unpaired) electrons. The standard InChI is InChI=1S/C29H32FNO5/c1-3-4-16-34-27-13-10-23(19-25(27)30)29(33)36-24-11-6-21(7-12-24)8-14-28(32)35-17-15-22-9-5-20(2)18-26(22)31/h6-8,10-14,18-19H,3-5,9,15-17,31H2,1-2H3/b14-8+. The minimum atomic E-state index is -0.680. The fourth-order valence-corrected chi connectivity index (χ4v) is 3.57. The van der Waals surface area contributed by atoms with Crippen LogP contribution in [-0.2, 0) is 9.53 Å². The number of benzene rings is 2. The maximum Gasteiger partial charge on any atom is 0.343 e. The van der Waals surface area contributed by atoms with E-state index in [4.69, 9.17) is 19.9 Å². The van der Waals surface area contributed by atoms with Gasteiger partial charge in [-0.2, -0.15) is 0 Å². The Labute approximate surface area is 211 Å². The average molecular weight is 494 g/mol. The molecule has 3 rings (SSSR count). The topological polar surface area (TPSA) is 87.8 Å². The SMILES string of the molecule is CCCCOc1ccc(C(=O)Oc2ccc(/C=C/C(=O)OCCC3=C(N)C=C(C)CC3)cc2)cc1F. The molecule has 0 fully saturated rings. The fourth-order valence-electron chi connectivity index (χ4n) is 3.57. The second-order valence-corrected chi connectivity index (χ2v) is 8.61. The van der Waals surface area contributed by atoms with Crippen molar-refractivity contribution in [3.8, 4) is 11.5 Å². The summed E-state index contributed by atoms with van der Waals surface area (Å²) in [5, 5.41) is 0. The first-order valence-corrected chi connectivity index (χ1v) is 12.1. The van der Waals surface area contributed by atoms with Crippen molar-refractivity contribution in [2.24, 2.45) is 5.73 Å². The van der Waals surface area contributed by atoms with Gasteiger partial charge in [-0.3, -0.25) is 0 Å². The van der Waals surface area contributed by atoms with Crippen LogP contribution in [0.5, 0.6) is 11.5 Å². The normalized spacial score (nSPS) is 13.5. The van der Waals surface area contributed by atoms with Crippen LogP contribution in [-0.4, -0.2) is 25.2 Å². The lowest BCUT2D eigenvalue weighted by molar-refractivity contribution is -0.137. The molecular weight excluding hydrogens is 461 g/mol. The number of carbonyl (C=O) groups is 2. The Hall–Kier alpha value is -3.87. The largest absolute Gasteiger partial charge is 0.491 e. The van der Waals surface area contributed by atoms with E-state index in [1.807, 2.05) is 13.0 Å². The number of halogens is 1. The summed E-state index contributed by atoms with van der Waals surface area (Å²) in [5.74, 6) is -1.33. The van der Waals surface area contributed by atoms with E-state index in [-0.39, 0.29) is 17.9 Å². The maximum absolute atomic E-state index is 14.2. The summed E-state index contributed by atoms with van der Waals surface area (Å²) in [6.45, 7) is 4.76. The van der Waals surface area contributed by atoms with Crippen LogP contribution in [0.25, 0.3) is 6.08 Å². The Balaban J connectivity index is 1.47. The number of esters is 2. The first-order chi connectivity index (χ1) is 17.4. The van der Waals surface area contributed by atoms with Gasteiger partial charge in [0.25, 0.3) is 0 Å². The molecule has 0 bridgehead atoms. The predicted molar refractivity (Wildman–Crippen MR) is 137 cm³/mol. The second-order valence-electron chi connectivity index (χ2n) is 8.61. The van der Waals surface area contributed by atoms with Crippen LogP contribution < -0.4 is 15.2 Å². The van der Waals surface area contributed by atoms with Crippen molar-refractivity contribution >= 4 is 18.0 Å². The van der Waals surface area contributed by atoms with Crippen LogP contribution in [0.15, 0.2) is 71.5 Å². The van der Waals surface area contributed by atoms with Crippen molar-refractivity contribution in [2.45, 2.75) is 46.0 Å². The quantitative estimate of drug-likeness (QED) is 0.176. The third-order valence-electron chi connectivity index (χ3n) is 5.70. The third kappa shape index (κ3) is 8.12. The van der Waals surface area contributed by atoms with E-state index >= 15 is 0 Å². The maximum atomic E-state index is 14.2. The van der Waals surface area contributed by atoms with E-state index < -0.39 is 17.8 Å². The van der Waals surface area contributed by atoms with Gasteiger partial charge in [-0.05, 0) is 79.8 Å². The van der Waals surface area contributed by atoms with Crippen molar-refractivity contribution in [1.29, 1.82) is 0 Å². The average Bonchev–Trinajstić information content (AvgIpc) is 2.86. The molecule has 190 valence electrons. The summed E-state index contributed by atoms with van der Waals surface area (Å²) in [5.41, 5.74) is 9.97. The lowest BCUT2D eigenvalue weighted by Crippen LogP contribution is -2.09. The van der Waals surface area contributed by atoms with Crippen LogP contribution >= 0.6 is 0 Å². The van der Waals surface area contributed by atoms with Crippen LogP contribution in [0.3, 0.4) is 0 Å². The lowest BCUT2D eigenvalue weighted by Gasteiger charge is -2.15. The molecule has 0 aromatic heterocycles. The highest BCUT2D eigenvalue weighted by Gasteiger charge is 2.13. The summed E-state index contributed by atoms with van der Waals surface area (Å²) in [6, 6.07) is 10.6. The van der Waals surface area contributed by atoms with Crippen LogP contribution in [0.2, 0.25) is 0 Å². The van der Waals surface area contributed by atoms with Crippen LogP contribution in [0.4, 0.5) is 4.39 Å². The van der Waals surface area contributed by atoms with Crippen LogP contribution in [0, 0.1) is 5.82 Å². The first-order valence-electron chi connectivity index (χ1n) is 12.1. The highest BCUT2D eigenvalue weighted by Crippen LogP contribution is 2.23. The molecule has 1 aliphatic carbocycles. The highest BCUT2D eigenvalue weighted by molar-refractivity contribution is 5.91. The van der Waals surface area contributed by atoms with E-state index in [1.165, 1.54) is 23.8 Å². The molecule has 0 unspecified atom stereocenters. The monoisotopic (exact) mass is 493 g/mol. The smallest absolute Gasteiger partial charge is 0.343 e. The van der Waals surface area contributed by atoms with Crippen molar-refractivity contribution in [1.82, 2.24) is 0 Å². The number of carbonyl (C=O) groups excluding carboxylic acids is 2. The van der Waals surface area contributed by atoms with Gasteiger partial charge in [0.15, 0.2) is 11.6 Å². The molecular formula is C29H32FNO5. The van der Waals surface area contributed by atoms with Gasteiger partial charge in [0.05, 0.1) is 18.8 Å². The molecule has 2 N–H and O–H groups in total. The van der Waals surface area contributed by atoms with Gasteiger partial charge in [0.2, 0.25) is 0 Å². The Morgan fingerprint density at radius 2 is 1.86 bits per heavy atom. The van der Waals surface area contributed by atoms with E-state index in [0.29, 0.717) is 18.8 Å². The van der Waals surface area contributed by atoms with Gasteiger partial charge >= 0.3 is 11.9 Å². The zero-order valence-corrected chi connectivity index (χ0v) is 20.7. The van der Waals surface area contributed by atoms with Gasteiger partial charge < -0.3 is 19.9 Å². The molecule has 36 heavy (non-hydrogen) atoms. The lowest BCUT2D eigenvalue weighted by atomic mass is 9.95. The fraction of sp³-hybridized carbons (Fsp3) is 0.310. The van der Waals surface area contributed by atoms with Crippen molar-refractivity contribution < 1.29 is 28.2 Å². The molecule has 0 spiro atoms. The van der Waals surface area contributed by atoms with Crippen molar-refractivity contribution in [2.75, 3.05) is 13.2 Å². The molecule has 0 amide bonds. The molecule has 7 heteroatoms. The Bertz CT molecular complexity index is 1160. The molecule has 2 aromatic rings. The molecule has 0 aliphatic heterocycles. The van der Waals surface area contributed by atoms with E-state index in [2.05, 4.69) is 6.92 Å². The third-order valence-corrected chi connectivity index (χ3v) is 5.70. The Morgan fingerprint density at radius 3 is 2.56 bits per heavy atom. The number of unbranched alkanes of at least 4 members (excludes halogenated alkanes) is 1. The number of nitrogens with two attached hydrogens (primary N) is 1. The number of hydrogen-bond donors (Lipinski definition) is 1. The Morgan fingerprint density at radius 1 is 1.08 bits per heavy atom. The molecule has 2 aromatic carbocycles. The predicted octanol–water partition coefficient (Wildman–Crippen LogP) is 6.12. The molecule has 0 atom stereocenters. The number of rotatable bonds is 11.